The first-order valence-electron chi connectivity index (χ1n) is 5.12. The number of nitrogens with zero attached hydrogens (tertiary/aromatic N) is 1. The van der Waals surface area contributed by atoms with Gasteiger partial charge in [-0.15, -0.1) is 0 Å². The third-order valence-corrected chi connectivity index (χ3v) is 3.98. The SMILES string of the molecule is COC(=O)c1c(Cl)cc2c(c1Cl)CCN(P)C2. The van der Waals surface area contributed by atoms with E-state index in [-0.39, 0.29) is 5.56 Å². The Bertz CT molecular complexity index is 479. The van der Waals surface area contributed by atoms with Crippen molar-refractivity contribution in [1.29, 1.82) is 0 Å². The number of benzene rings is 1. The monoisotopic (exact) mass is 291 g/mol. The maximum Gasteiger partial charge on any atom is 0.340 e. The molecule has 0 amide bonds. The lowest BCUT2D eigenvalue weighted by molar-refractivity contribution is 0.0601. The predicted molar refractivity (Wildman–Crippen MR) is 71.6 cm³/mol. The highest BCUT2D eigenvalue weighted by atomic mass is 35.5. The first-order valence-corrected chi connectivity index (χ1v) is 6.39. The van der Waals surface area contributed by atoms with Gasteiger partial charge < -0.3 is 4.74 Å². The fourth-order valence-electron chi connectivity index (χ4n) is 1.96. The highest BCUT2D eigenvalue weighted by molar-refractivity contribution is 7.13. The molecule has 3 nitrogen and oxygen atoms in total. The van der Waals surface area contributed by atoms with Gasteiger partial charge in [-0.1, -0.05) is 32.6 Å². The molecule has 0 N–H and O–H groups in total. The van der Waals surface area contributed by atoms with Gasteiger partial charge in [-0.2, -0.15) is 0 Å². The van der Waals surface area contributed by atoms with Gasteiger partial charge in [0.05, 0.1) is 22.7 Å². The number of carbonyl (C=O) groups excluding carboxylic acids is 1. The van der Waals surface area contributed by atoms with Crippen LogP contribution in [-0.2, 0) is 17.7 Å². The van der Waals surface area contributed by atoms with Gasteiger partial charge in [-0.05, 0) is 23.6 Å². The van der Waals surface area contributed by atoms with Crippen molar-refractivity contribution >= 4 is 38.6 Å². The van der Waals surface area contributed by atoms with Crippen LogP contribution in [0, 0.1) is 0 Å². The van der Waals surface area contributed by atoms with Crippen LogP contribution >= 0.6 is 32.6 Å². The highest BCUT2D eigenvalue weighted by Gasteiger charge is 2.24. The molecule has 1 aromatic rings. The number of carbonyl (C=O) groups is 1. The Morgan fingerprint density at radius 3 is 2.88 bits per heavy atom. The van der Waals surface area contributed by atoms with Gasteiger partial charge in [0, 0.05) is 13.1 Å². The first-order chi connectivity index (χ1) is 8.04. The molecule has 6 heteroatoms. The lowest BCUT2D eigenvalue weighted by Crippen LogP contribution is -2.23. The molecule has 0 aliphatic carbocycles. The van der Waals surface area contributed by atoms with Crippen LogP contribution in [0.1, 0.15) is 21.5 Å². The normalized spacial score (nSPS) is 15.5. The largest absolute Gasteiger partial charge is 0.465 e. The molecular weight excluding hydrogens is 280 g/mol. The van der Waals surface area contributed by atoms with Crippen LogP contribution < -0.4 is 0 Å². The summed E-state index contributed by atoms with van der Waals surface area (Å²) in [4.78, 5) is 11.6. The van der Waals surface area contributed by atoms with Crippen LogP contribution in [0.15, 0.2) is 6.07 Å². The van der Waals surface area contributed by atoms with E-state index in [4.69, 9.17) is 23.2 Å². The molecule has 1 aliphatic heterocycles. The molecule has 0 saturated carbocycles. The first kappa shape index (κ1) is 13.1. The molecule has 92 valence electrons. The molecule has 1 aliphatic rings. The second-order valence-corrected chi connectivity index (χ2v) is 5.41. The Labute approximate surface area is 112 Å². The third-order valence-electron chi connectivity index (χ3n) is 2.82. The minimum Gasteiger partial charge on any atom is -0.465 e. The maximum atomic E-state index is 11.6. The molecule has 2 rings (SSSR count). The number of ether oxygens (including phenoxy) is 1. The predicted octanol–water partition coefficient (Wildman–Crippen LogP) is 2.93. The molecule has 1 atom stereocenters. The molecule has 0 fully saturated rings. The summed E-state index contributed by atoms with van der Waals surface area (Å²) in [5, 5.41) is 0.776. The molecule has 0 aromatic heterocycles. The zero-order valence-corrected chi connectivity index (χ0v) is 12.0. The second-order valence-electron chi connectivity index (χ2n) is 3.90. The van der Waals surface area contributed by atoms with Gasteiger partial charge >= 0.3 is 5.97 Å². The Morgan fingerprint density at radius 2 is 2.24 bits per heavy atom. The summed E-state index contributed by atoms with van der Waals surface area (Å²) in [5.74, 6) is -0.490. The second kappa shape index (κ2) is 5.11. The minimum absolute atomic E-state index is 0.270. The molecule has 1 unspecified atom stereocenters. The van der Waals surface area contributed by atoms with E-state index in [1.165, 1.54) is 7.11 Å². The van der Waals surface area contributed by atoms with Crippen LogP contribution in [0.5, 0.6) is 0 Å². The summed E-state index contributed by atoms with van der Waals surface area (Å²) in [6.07, 6.45) is 0.804. The zero-order valence-electron chi connectivity index (χ0n) is 9.30. The molecular formula is C11H12Cl2NO2P. The summed E-state index contributed by atoms with van der Waals surface area (Å²) in [6, 6.07) is 1.80. The van der Waals surface area contributed by atoms with Crippen molar-refractivity contribution in [2.24, 2.45) is 0 Å². The number of methoxy groups -OCH3 is 1. The number of rotatable bonds is 1. The van der Waals surface area contributed by atoms with Gasteiger partial charge in [0.1, 0.15) is 0 Å². The number of hydrogen-bond donors (Lipinski definition) is 0. The molecule has 17 heavy (non-hydrogen) atoms. The molecule has 0 saturated heterocycles. The van der Waals surface area contributed by atoms with Crippen molar-refractivity contribution in [2.75, 3.05) is 13.7 Å². The maximum absolute atomic E-state index is 11.6. The van der Waals surface area contributed by atoms with Crippen molar-refractivity contribution in [3.05, 3.63) is 32.8 Å². The molecule has 0 spiro atoms. The van der Waals surface area contributed by atoms with Crippen LogP contribution in [0.3, 0.4) is 0 Å². The fourth-order valence-corrected chi connectivity index (χ4v) is 3.04. The number of esters is 1. The van der Waals surface area contributed by atoms with E-state index in [0.29, 0.717) is 10.0 Å². The third kappa shape index (κ3) is 2.43. The van der Waals surface area contributed by atoms with Crippen LogP contribution in [0.2, 0.25) is 10.0 Å². The van der Waals surface area contributed by atoms with Crippen molar-refractivity contribution in [1.82, 2.24) is 4.67 Å². The van der Waals surface area contributed by atoms with Crippen LogP contribution in [0.25, 0.3) is 0 Å². The summed E-state index contributed by atoms with van der Waals surface area (Å²) in [5.41, 5.74) is 2.33. The summed E-state index contributed by atoms with van der Waals surface area (Å²) >= 11 is 12.3. The average molecular weight is 292 g/mol. The smallest absolute Gasteiger partial charge is 0.340 e. The molecule has 0 bridgehead atoms. The number of fused-ring (bicyclic) bond motifs is 1. The topological polar surface area (TPSA) is 29.5 Å². The van der Waals surface area contributed by atoms with Gasteiger partial charge in [0.2, 0.25) is 0 Å². The Kier molecular flexibility index (Phi) is 3.94. The lowest BCUT2D eigenvalue weighted by atomic mass is 9.98. The van der Waals surface area contributed by atoms with E-state index >= 15 is 0 Å². The van der Waals surface area contributed by atoms with Gasteiger partial charge in [-0.3, -0.25) is 4.67 Å². The summed E-state index contributed by atoms with van der Waals surface area (Å²) < 4.78 is 6.79. The molecule has 1 aromatic carbocycles. The number of halogens is 2. The van der Waals surface area contributed by atoms with Crippen molar-refractivity contribution < 1.29 is 9.53 Å². The van der Waals surface area contributed by atoms with E-state index in [9.17, 15) is 4.79 Å². The Morgan fingerprint density at radius 1 is 1.53 bits per heavy atom. The summed E-state index contributed by atoms with van der Waals surface area (Å²) in [6.45, 7) is 1.65. The zero-order chi connectivity index (χ0) is 12.6. The van der Waals surface area contributed by atoms with E-state index in [2.05, 4.69) is 18.8 Å². The quantitative estimate of drug-likeness (QED) is 0.589. The van der Waals surface area contributed by atoms with Crippen molar-refractivity contribution in [2.45, 2.75) is 13.0 Å². The number of hydrogen-bond acceptors (Lipinski definition) is 3. The molecule has 0 radical (unpaired) electrons. The highest BCUT2D eigenvalue weighted by Crippen LogP contribution is 2.35. The van der Waals surface area contributed by atoms with Crippen molar-refractivity contribution in [3.8, 4) is 0 Å². The van der Waals surface area contributed by atoms with Gasteiger partial charge in [0.15, 0.2) is 0 Å². The van der Waals surface area contributed by atoms with E-state index in [1.54, 1.807) is 6.07 Å². The van der Waals surface area contributed by atoms with E-state index < -0.39 is 5.97 Å². The van der Waals surface area contributed by atoms with Crippen LogP contribution in [-0.4, -0.2) is 24.3 Å². The minimum atomic E-state index is -0.490. The van der Waals surface area contributed by atoms with Gasteiger partial charge in [0.25, 0.3) is 0 Å². The standard InChI is InChI=1S/C11H12Cl2NO2P/c1-16-11(15)9-8(12)4-6-5-14(17)3-2-7(6)10(9)13/h4H,2-3,5,17H2,1H3. The van der Waals surface area contributed by atoms with Crippen LogP contribution in [0.4, 0.5) is 0 Å². The Hall–Kier alpha value is -0.340. The average Bonchev–Trinajstić information content (AvgIpc) is 2.28. The van der Waals surface area contributed by atoms with Crippen molar-refractivity contribution in [3.63, 3.8) is 0 Å². The summed E-state index contributed by atoms with van der Waals surface area (Å²) in [7, 11) is 3.97. The lowest BCUT2D eigenvalue weighted by Gasteiger charge is -2.26. The Balaban J connectivity index is 2.55. The van der Waals surface area contributed by atoms with Gasteiger partial charge in [-0.25, -0.2) is 4.79 Å². The van der Waals surface area contributed by atoms with E-state index in [1.807, 2.05) is 0 Å². The molecule has 1 heterocycles. The fraction of sp³-hybridized carbons (Fsp3) is 0.364. The van der Waals surface area contributed by atoms with E-state index in [0.717, 1.165) is 30.6 Å².